The number of hydrogen-bond donors (Lipinski definition) is 1. The van der Waals surface area contributed by atoms with E-state index in [4.69, 9.17) is 5.26 Å². The van der Waals surface area contributed by atoms with Crippen LogP contribution in [0.4, 0.5) is 0 Å². The topological polar surface area (TPSA) is 70.0 Å². The normalized spacial score (nSPS) is 14.4. The molecule has 0 spiro atoms. The van der Waals surface area contributed by atoms with Gasteiger partial charge in [0, 0.05) is 11.0 Å². The summed E-state index contributed by atoms with van der Waals surface area (Å²) in [7, 11) is 0. The van der Waals surface area contributed by atoms with Crippen molar-refractivity contribution < 1.29 is 9.59 Å². The first kappa shape index (κ1) is 19.9. The van der Waals surface area contributed by atoms with Crippen LogP contribution in [0.5, 0.6) is 0 Å². The molecule has 1 aromatic rings. The van der Waals surface area contributed by atoms with E-state index in [2.05, 4.69) is 11.4 Å². The highest BCUT2D eigenvalue weighted by Crippen LogP contribution is 2.28. The van der Waals surface area contributed by atoms with Gasteiger partial charge in [-0.2, -0.15) is 5.26 Å². The maximum atomic E-state index is 12.7. The third-order valence-electron chi connectivity index (χ3n) is 3.99. The SMILES string of the molecule is CC(C#N)c1cccc(C(=O)NC(C(=O)C(C)(C)C)C(C)(C)C)c1. The molecule has 4 nitrogen and oxygen atoms in total. The van der Waals surface area contributed by atoms with Crippen LogP contribution in [0, 0.1) is 22.2 Å². The van der Waals surface area contributed by atoms with E-state index in [-0.39, 0.29) is 17.6 Å². The van der Waals surface area contributed by atoms with Crippen LogP contribution >= 0.6 is 0 Å². The third kappa shape index (κ3) is 4.92. The Kier molecular flexibility index (Phi) is 5.94. The van der Waals surface area contributed by atoms with Crippen molar-refractivity contribution in [1.29, 1.82) is 5.26 Å². The molecule has 0 heterocycles. The Hall–Kier alpha value is -2.15. The summed E-state index contributed by atoms with van der Waals surface area (Å²) in [6.45, 7) is 13.2. The van der Waals surface area contributed by atoms with Gasteiger partial charge >= 0.3 is 0 Å². The molecular weight excluding hydrogens is 300 g/mol. The van der Waals surface area contributed by atoms with Crippen LogP contribution in [0.15, 0.2) is 24.3 Å². The van der Waals surface area contributed by atoms with Gasteiger partial charge in [0.1, 0.15) is 0 Å². The highest BCUT2D eigenvalue weighted by molar-refractivity contribution is 5.99. The highest BCUT2D eigenvalue weighted by Gasteiger charge is 2.38. The second-order valence-corrected chi connectivity index (χ2v) is 8.36. The molecule has 2 atom stereocenters. The van der Waals surface area contributed by atoms with Crippen molar-refractivity contribution in [2.45, 2.75) is 60.4 Å². The zero-order valence-electron chi connectivity index (χ0n) is 15.7. The van der Waals surface area contributed by atoms with Gasteiger partial charge in [-0.25, -0.2) is 0 Å². The smallest absolute Gasteiger partial charge is 0.251 e. The average molecular weight is 328 g/mol. The molecule has 1 amide bonds. The summed E-state index contributed by atoms with van der Waals surface area (Å²) in [4.78, 5) is 25.4. The monoisotopic (exact) mass is 328 g/mol. The number of benzene rings is 1. The molecule has 1 N–H and O–H groups in total. The van der Waals surface area contributed by atoms with E-state index in [1.165, 1.54) is 0 Å². The fourth-order valence-corrected chi connectivity index (χ4v) is 2.35. The standard InChI is InChI=1S/C20H28N2O2/c1-13(12-21)14-9-8-10-15(11-14)18(24)22-16(19(2,3)4)17(23)20(5,6)7/h8-11,13,16H,1-7H3,(H,22,24). The van der Waals surface area contributed by atoms with E-state index in [9.17, 15) is 9.59 Å². The first-order valence-corrected chi connectivity index (χ1v) is 8.22. The Morgan fingerprint density at radius 1 is 1.12 bits per heavy atom. The van der Waals surface area contributed by atoms with Crippen molar-refractivity contribution in [2.75, 3.05) is 0 Å². The zero-order chi connectivity index (χ0) is 18.7. The summed E-state index contributed by atoms with van der Waals surface area (Å²) in [5.74, 6) is -0.572. The van der Waals surface area contributed by atoms with E-state index in [0.717, 1.165) is 5.56 Å². The lowest BCUT2D eigenvalue weighted by Gasteiger charge is -2.34. The molecule has 2 unspecified atom stereocenters. The van der Waals surface area contributed by atoms with E-state index in [1.807, 2.05) is 47.6 Å². The van der Waals surface area contributed by atoms with Crippen LogP contribution in [-0.2, 0) is 4.79 Å². The summed E-state index contributed by atoms with van der Waals surface area (Å²) in [5.41, 5.74) is 0.324. The summed E-state index contributed by atoms with van der Waals surface area (Å²) in [6.07, 6.45) is 0. The largest absolute Gasteiger partial charge is 0.342 e. The molecular formula is C20H28N2O2. The van der Waals surface area contributed by atoms with Crippen LogP contribution in [0.25, 0.3) is 0 Å². The van der Waals surface area contributed by atoms with Crippen molar-refractivity contribution in [3.05, 3.63) is 35.4 Å². The van der Waals surface area contributed by atoms with Gasteiger partial charge < -0.3 is 5.32 Å². The molecule has 0 aliphatic rings. The molecule has 0 aromatic heterocycles. The van der Waals surface area contributed by atoms with Gasteiger partial charge in [-0.15, -0.1) is 0 Å². The zero-order valence-corrected chi connectivity index (χ0v) is 15.7. The Bertz CT molecular complexity index is 657. The minimum absolute atomic E-state index is 0.00453. The summed E-state index contributed by atoms with van der Waals surface area (Å²) >= 11 is 0. The molecule has 24 heavy (non-hydrogen) atoms. The molecule has 130 valence electrons. The Morgan fingerprint density at radius 3 is 2.17 bits per heavy atom. The third-order valence-corrected chi connectivity index (χ3v) is 3.99. The lowest BCUT2D eigenvalue weighted by Crippen LogP contribution is -2.52. The summed E-state index contributed by atoms with van der Waals surface area (Å²) in [6, 6.07) is 8.58. The summed E-state index contributed by atoms with van der Waals surface area (Å²) < 4.78 is 0. The number of carbonyl (C=O) groups is 2. The fourth-order valence-electron chi connectivity index (χ4n) is 2.35. The van der Waals surface area contributed by atoms with Gasteiger partial charge in [0.25, 0.3) is 5.91 Å². The molecule has 0 bridgehead atoms. The molecule has 0 saturated heterocycles. The highest BCUT2D eigenvalue weighted by atomic mass is 16.2. The first-order valence-electron chi connectivity index (χ1n) is 8.22. The molecule has 0 saturated carbocycles. The maximum Gasteiger partial charge on any atom is 0.251 e. The van der Waals surface area contributed by atoms with Crippen molar-refractivity contribution >= 4 is 11.7 Å². The van der Waals surface area contributed by atoms with Crippen LogP contribution in [-0.4, -0.2) is 17.7 Å². The first-order chi connectivity index (χ1) is 10.9. The van der Waals surface area contributed by atoms with E-state index < -0.39 is 16.9 Å². The molecule has 4 heteroatoms. The number of nitrogens with one attached hydrogen (secondary N) is 1. The van der Waals surface area contributed by atoms with E-state index >= 15 is 0 Å². The Morgan fingerprint density at radius 2 is 1.71 bits per heavy atom. The van der Waals surface area contributed by atoms with E-state index in [0.29, 0.717) is 5.56 Å². The van der Waals surface area contributed by atoms with Crippen LogP contribution < -0.4 is 5.32 Å². The van der Waals surface area contributed by atoms with Gasteiger partial charge in [-0.05, 0) is 30.0 Å². The Balaban J connectivity index is 3.10. The molecule has 1 rings (SSSR count). The minimum Gasteiger partial charge on any atom is -0.342 e. The number of nitrogens with zero attached hydrogens (tertiary/aromatic N) is 1. The number of Topliss-reactive ketones (excluding diaryl/α,β-unsaturated/α-hetero) is 1. The van der Waals surface area contributed by atoms with Crippen LogP contribution in [0.1, 0.15) is 70.3 Å². The number of ketones is 1. The van der Waals surface area contributed by atoms with Gasteiger partial charge in [0.05, 0.1) is 18.0 Å². The van der Waals surface area contributed by atoms with Gasteiger partial charge in [0.15, 0.2) is 5.78 Å². The van der Waals surface area contributed by atoms with Gasteiger partial charge in [-0.1, -0.05) is 53.7 Å². The molecule has 0 radical (unpaired) electrons. The minimum atomic E-state index is -0.581. The van der Waals surface area contributed by atoms with Crippen LogP contribution in [0.2, 0.25) is 0 Å². The summed E-state index contributed by atoms with van der Waals surface area (Å²) in [5, 5.41) is 11.9. The second-order valence-electron chi connectivity index (χ2n) is 8.36. The van der Waals surface area contributed by atoms with Crippen molar-refractivity contribution in [3.63, 3.8) is 0 Å². The maximum absolute atomic E-state index is 12.7. The molecule has 0 aliphatic heterocycles. The molecule has 1 aromatic carbocycles. The number of hydrogen-bond acceptors (Lipinski definition) is 3. The number of amides is 1. The predicted molar refractivity (Wildman–Crippen MR) is 95.6 cm³/mol. The van der Waals surface area contributed by atoms with E-state index in [1.54, 1.807) is 25.1 Å². The van der Waals surface area contributed by atoms with Crippen molar-refractivity contribution in [1.82, 2.24) is 5.32 Å². The van der Waals surface area contributed by atoms with Crippen LogP contribution in [0.3, 0.4) is 0 Å². The lowest BCUT2D eigenvalue weighted by atomic mass is 9.75. The lowest BCUT2D eigenvalue weighted by molar-refractivity contribution is -0.130. The molecule has 0 fully saturated rings. The van der Waals surface area contributed by atoms with Gasteiger partial charge in [-0.3, -0.25) is 9.59 Å². The molecule has 0 aliphatic carbocycles. The quantitative estimate of drug-likeness (QED) is 0.905. The average Bonchev–Trinajstić information content (AvgIpc) is 2.48. The predicted octanol–water partition coefficient (Wildman–Crippen LogP) is 4.07. The number of nitriles is 1. The second kappa shape index (κ2) is 7.17. The van der Waals surface area contributed by atoms with Gasteiger partial charge in [0.2, 0.25) is 0 Å². The Labute approximate surface area is 145 Å². The van der Waals surface area contributed by atoms with Crippen molar-refractivity contribution in [3.8, 4) is 6.07 Å². The fraction of sp³-hybridized carbons (Fsp3) is 0.550. The van der Waals surface area contributed by atoms with Crippen molar-refractivity contribution in [2.24, 2.45) is 10.8 Å². The number of carbonyl (C=O) groups excluding carboxylic acids is 2. The number of rotatable bonds is 4.